The second-order valence-electron chi connectivity index (χ2n) is 2.24. The summed E-state index contributed by atoms with van der Waals surface area (Å²) in [4.78, 5) is 10.4. The van der Waals surface area contributed by atoms with Crippen molar-refractivity contribution in [3.05, 3.63) is 0 Å². The van der Waals surface area contributed by atoms with Crippen LogP contribution in [-0.2, 0) is 14.8 Å². The van der Waals surface area contributed by atoms with Crippen LogP contribution >= 0.6 is 11.8 Å². The number of aliphatic carboxylic acids is 1. The number of carboxylic acids is 1. The Morgan fingerprint density at radius 2 is 2.17 bits per heavy atom. The molecule has 1 atom stereocenters. The van der Waals surface area contributed by atoms with Crippen LogP contribution in [0.15, 0.2) is 0 Å². The summed E-state index contributed by atoms with van der Waals surface area (Å²) in [6.45, 7) is 0. The molecule has 0 aliphatic rings. The van der Waals surface area contributed by atoms with Gasteiger partial charge in [-0.3, -0.25) is 4.79 Å². The highest BCUT2D eigenvalue weighted by Gasteiger charge is 2.20. The predicted octanol–water partition coefficient (Wildman–Crippen LogP) is -0.648. The number of hydrogen-bond donors (Lipinski definition) is 2. The van der Waals surface area contributed by atoms with Crippen LogP contribution in [-0.4, -0.2) is 43.8 Å². The molecule has 0 spiro atoms. The second-order valence-corrected chi connectivity index (χ2v) is 4.93. The van der Waals surface area contributed by atoms with Gasteiger partial charge >= 0.3 is 5.97 Å². The van der Waals surface area contributed by atoms with Gasteiger partial charge in [-0.15, -0.1) is 0 Å². The van der Waals surface area contributed by atoms with Crippen molar-refractivity contribution in [3.63, 3.8) is 0 Å². The van der Waals surface area contributed by atoms with E-state index in [0.29, 0.717) is 0 Å². The van der Waals surface area contributed by atoms with Crippen molar-refractivity contribution >= 4 is 27.8 Å². The third kappa shape index (κ3) is 5.39. The zero-order valence-electron chi connectivity index (χ0n) is 6.77. The summed E-state index contributed by atoms with van der Waals surface area (Å²) >= 11 is 1.27. The molecule has 0 aromatic rings. The van der Waals surface area contributed by atoms with Crippen molar-refractivity contribution in [2.45, 2.75) is 6.04 Å². The van der Waals surface area contributed by atoms with E-state index in [1.54, 1.807) is 6.26 Å². The minimum Gasteiger partial charge on any atom is -0.480 e. The largest absolute Gasteiger partial charge is 0.480 e. The Kier molecular flexibility index (Phi) is 4.58. The van der Waals surface area contributed by atoms with Crippen molar-refractivity contribution in [2.24, 2.45) is 0 Å². The third-order valence-electron chi connectivity index (χ3n) is 0.988. The molecule has 0 radical (unpaired) electrons. The number of nitrogens with one attached hydrogen (secondary N) is 1. The highest BCUT2D eigenvalue weighted by atomic mass is 32.2. The molecule has 0 heterocycles. The zero-order chi connectivity index (χ0) is 9.78. The van der Waals surface area contributed by atoms with Gasteiger partial charge in [-0.05, 0) is 6.26 Å². The minimum absolute atomic E-state index is 0.225. The number of carbonyl (C=O) groups is 1. The molecule has 7 heteroatoms. The first-order valence-corrected chi connectivity index (χ1v) is 6.34. The van der Waals surface area contributed by atoms with Gasteiger partial charge in [0, 0.05) is 5.75 Å². The number of carboxylic acid groups (broad SMARTS) is 1. The maximum Gasteiger partial charge on any atom is 0.322 e. The molecule has 2 N–H and O–H groups in total. The lowest BCUT2D eigenvalue weighted by atomic mass is 10.4. The summed E-state index contributed by atoms with van der Waals surface area (Å²) in [5.41, 5.74) is 0. The van der Waals surface area contributed by atoms with Crippen LogP contribution in [0.2, 0.25) is 0 Å². The van der Waals surface area contributed by atoms with Gasteiger partial charge < -0.3 is 5.11 Å². The Bertz CT molecular complexity index is 248. The smallest absolute Gasteiger partial charge is 0.322 e. The number of hydrogen-bond acceptors (Lipinski definition) is 4. The van der Waals surface area contributed by atoms with Crippen LogP contribution in [0.5, 0.6) is 0 Å². The molecule has 1 unspecified atom stereocenters. The molecule has 0 saturated heterocycles. The first-order chi connectivity index (χ1) is 5.37. The summed E-state index contributed by atoms with van der Waals surface area (Å²) in [6, 6.07) is -1.03. The van der Waals surface area contributed by atoms with Gasteiger partial charge in [0.15, 0.2) is 0 Å². The SMILES string of the molecule is CSCC(NS(C)(=O)=O)C(=O)O. The molecule has 0 aromatic heterocycles. The van der Waals surface area contributed by atoms with E-state index in [1.807, 2.05) is 4.72 Å². The highest BCUT2D eigenvalue weighted by molar-refractivity contribution is 7.98. The standard InChI is InChI=1S/C5H11NO4S2/c1-11-3-4(5(7)8)6-12(2,9)10/h4,6H,3H2,1-2H3,(H,7,8). The molecule has 5 nitrogen and oxygen atoms in total. The predicted molar refractivity (Wildman–Crippen MR) is 47.8 cm³/mol. The van der Waals surface area contributed by atoms with E-state index in [1.165, 1.54) is 11.8 Å². The fourth-order valence-electron chi connectivity index (χ4n) is 0.581. The maximum absolute atomic E-state index is 10.6. The molecule has 0 rings (SSSR count). The lowest BCUT2D eigenvalue weighted by Crippen LogP contribution is -2.41. The van der Waals surface area contributed by atoms with Crippen LogP contribution in [0.3, 0.4) is 0 Å². The van der Waals surface area contributed by atoms with Gasteiger partial charge in [-0.25, -0.2) is 13.1 Å². The Hall–Kier alpha value is -0.270. The lowest BCUT2D eigenvalue weighted by Gasteiger charge is -2.10. The summed E-state index contributed by atoms with van der Waals surface area (Å²) in [7, 11) is -3.43. The third-order valence-corrected chi connectivity index (χ3v) is 2.37. The number of rotatable bonds is 5. The van der Waals surface area contributed by atoms with Crippen LogP contribution in [0, 0.1) is 0 Å². The van der Waals surface area contributed by atoms with Crippen molar-refractivity contribution < 1.29 is 18.3 Å². The molecule has 0 aliphatic carbocycles. The quantitative estimate of drug-likeness (QED) is 0.634. The van der Waals surface area contributed by atoms with Crippen molar-refractivity contribution in [1.82, 2.24) is 4.72 Å². The molecule has 0 bridgehead atoms. The number of sulfonamides is 1. The Morgan fingerprint density at radius 3 is 2.42 bits per heavy atom. The van der Waals surface area contributed by atoms with Crippen LogP contribution in [0.4, 0.5) is 0 Å². The molecule has 0 fully saturated rings. The normalized spacial score (nSPS) is 14.2. The Balaban J connectivity index is 4.24. The van der Waals surface area contributed by atoms with Gasteiger partial charge in [0.25, 0.3) is 0 Å². The highest BCUT2D eigenvalue weighted by Crippen LogP contribution is 1.98. The first kappa shape index (κ1) is 11.7. The van der Waals surface area contributed by atoms with Gasteiger partial charge in [-0.2, -0.15) is 11.8 Å². The molecular weight excluding hydrogens is 202 g/mol. The van der Waals surface area contributed by atoms with Crippen LogP contribution < -0.4 is 4.72 Å². The number of thioether (sulfide) groups is 1. The van der Waals surface area contributed by atoms with E-state index in [0.717, 1.165) is 6.26 Å². The van der Waals surface area contributed by atoms with Crippen molar-refractivity contribution in [1.29, 1.82) is 0 Å². The minimum atomic E-state index is -3.43. The van der Waals surface area contributed by atoms with Gasteiger partial charge in [0.2, 0.25) is 10.0 Å². The molecule has 0 amide bonds. The molecule has 12 heavy (non-hydrogen) atoms. The van der Waals surface area contributed by atoms with Gasteiger partial charge in [0.1, 0.15) is 6.04 Å². The lowest BCUT2D eigenvalue weighted by molar-refractivity contribution is -0.138. The monoisotopic (exact) mass is 213 g/mol. The summed E-state index contributed by atoms with van der Waals surface area (Å²) < 4.78 is 23.3. The molecule has 0 aromatic carbocycles. The van der Waals surface area contributed by atoms with Gasteiger partial charge in [0.05, 0.1) is 6.26 Å². The first-order valence-electron chi connectivity index (χ1n) is 3.06. The van der Waals surface area contributed by atoms with E-state index in [4.69, 9.17) is 5.11 Å². The zero-order valence-corrected chi connectivity index (χ0v) is 8.41. The Labute approximate surface area is 75.6 Å². The van der Waals surface area contributed by atoms with E-state index < -0.39 is 22.0 Å². The average Bonchev–Trinajstić information content (AvgIpc) is 1.83. The van der Waals surface area contributed by atoms with E-state index in [9.17, 15) is 13.2 Å². The summed E-state index contributed by atoms with van der Waals surface area (Å²) in [6.07, 6.45) is 2.64. The molecule has 0 saturated carbocycles. The van der Waals surface area contributed by atoms with Gasteiger partial charge in [-0.1, -0.05) is 0 Å². The molecular formula is C5H11NO4S2. The summed E-state index contributed by atoms with van der Waals surface area (Å²) in [5.74, 6) is -0.933. The molecule has 0 aliphatic heterocycles. The molecule has 72 valence electrons. The van der Waals surface area contributed by atoms with Crippen molar-refractivity contribution in [3.8, 4) is 0 Å². The fourth-order valence-corrected chi connectivity index (χ4v) is 1.95. The van der Waals surface area contributed by atoms with E-state index in [2.05, 4.69) is 0 Å². The van der Waals surface area contributed by atoms with E-state index >= 15 is 0 Å². The maximum atomic E-state index is 10.6. The summed E-state index contributed by atoms with van der Waals surface area (Å²) in [5, 5.41) is 8.53. The Morgan fingerprint density at radius 1 is 1.67 bits per heavy atom. The van der Waals surface area contributed by atoms with Crippen LogP contribution in [0.25, 0.3) is 0 Å². The van der Waals surface area contributed by atoms with Crippen LogP contribution in [0.1, 0.15) is 0 Å². The van der Waals surface area contributed by atoms with E-state index in [-0.39, 0.29) is 5.75 Å². The van der Waals surface area contributed by atoms with Crippen molar-refractivity contribution in [2.75, 3.05) is 18.3 Å². The topological polar surface area (TPSA) is 83.5 Å². The average molecular weight is 213 g/mol. The second kappa shape index (κ2) is 4.68. The fraction of sp³-hybridized carbons (Fsp3) is 0.800.